The van der Waals surface area contributed by atoms with Gasteiger partial charge in [0.25, 0.3) is 0 Å². The van der Waals surface area contributed by atoms with Gasteiger partial charge >= 0.3 is 0 Å². The molecule has 0 unspecified atom stereocenters. The van der Waals surface area contributed by atoms with Crippen molar-refractivity contribution in [1.82, 2.24) is 9.21 Å². The number of hydrogen-bond acceptors (Lipinski definition) is 5. The number of nitrogens with zero attached hydrogens (tertiary/aromatic N) is 2. The highest BCUT2D eigenvalue weighted by Crippen LogP contribution is 2.36. The third kappa shape index (κ3) is 5.78. The van der Waals surface area contributed by atoms with Gasteiger partial charge < -0.3 is 9.84 Å². The van der Waals surface area contributed by atoms with Crippen LogP contribution in [0.3, 0.4) is 0 Å². The fourth-order valence-electron chi connectivity index (χ4n) is 4.57. The zero-order valence-electron chi connectivity index (χ0n) is 20.8. The molecule has 0 fully saturated rings. The number of benzene rings is 3. The third-order valence-electron chi connectivity index (χ3n) is 6.61. The Morgan fingerprint density at radius 2 is 1.83 bits per heavy atom. The molecule has 3 aromatic rings. The summed E-state index contributed by atoms with van der Waals surface area (Å²) in [7, 11) is -1.96. The number of likely N-dealkylation sites (N-methyl/N-ethyl adjacent to an activating group) is 1. The van der Waals surface area contributed by atoms with Crippen LogP contribution in [0.5, 0.6) is 5.75 Å². The lowest BCUT2D eigenvalue weighted by atomic mass is 10.0. The molecule has 36 heavy (non-hydrogen) atoms. The van der Waals surface area contributed by atoms with Gasteiger partial charge in [-0.05, 0) is 54.9 Å². The first-order valence-electron chi connectivity index (χ1n) is 12.1. The third-order valence-corrected chi connectivity index (χ3v) is 8.63. The molecule has 0 saturated carbocycles. The number of ether oxygens (including phenoxy) is 1. The van der Waals surface area contributed by atoms with E-state index in [2.05, 4.69) is 0 Å². The van der Waals surface area contributed by atoms with Crippen molar-refractivity contribution in [3.63, 3.8) is 0 Å². The first-order valence-corrected chi connectivity index (χ1v) is 13.5. The molecule has 192 valence electrons. The van der Waals surface area contributed by atoms with Gasteiger partial charge in [-0.25, -0.2) is 12.8 Å². The maximum Gasteiger partial charge on any atom is 0.247 e. The van der Waals surface area contributed by atoms with Crippen LogP contribution in [0.4, 0.5) is 4.39 Å². The van der Waals surface area contributed by atoms with Crippen molar-refractivity contribution in [2.45, 2.75) is 37.4 Å². The van der Waals surface area contributed by atoms with E-state index in [9.17, 15) is 17.9 Å². The van der Waals surface area contributed by atoms with Gasteiger partial charge in [-0.3, -0.25) is 4.90 Å². The standard InChI is InChI=1S/C28H33FN2O4S/c1-20-16-31(21(2)19-32)36(33,34)28-13-12-24(23-9-5-4-6-10-23)15-26(28)35-27(20)18-30(3)17-22-8-7-11-25(29)14-22/h4-15,20-21,27,32H,16-19H2,1-3H3/t20-,21-,27-/m1/s1. The Kier molecular flexibility index (Phi) is 8.10. The Balaban J connectivity index is 1.71. The molecule has 4 rings (SSSR count). The van der Waals surface area contributed by atoms with Crippen molar-refractivity contribution in [2.75, 3.05) is 26.7 Å². The van der Waals surface area contributed by atoms with Gasteiger partial charge in [-0.15, -0.1) is 0 Å². The van der Waals surface area contributed by atoms with E-state index in [1.54, 1.807) is 31.2 Å². The summed E-state index contributed by atoms with van der Waals surface area (Å²) in [6.45, 7) is 4.62. The highest BCUT2D eigenvalue weighted by molar-refractivity contribution is 7.89. The van der Waals surface area contributed by atoms with Crippen LogP contribution in [0, 0.1) is 11.7 Å². The fraction of sp³-hybridized carbons (Fsp3) is 0.357. The Morgan fingerprint density at radius 1 is 1.08 bits per heavy atom. The van der Waals surface area contributed by atoms with E-state index in [1.165, 1.54) is 16.4 Å². The minimum atomic E-state index is -3.90. The summed E-state index contributed by atoms with van der Waals surface area (Å²) in [4.78, 5) is 2.14. The molecule has 1 aliphatic heterocycles. The van der Waals surface area contributed by atoms with Gasteiger partial charge in [-0.1, -0.05) is 55.5 Å². The molecule has 0 saturated heterocycles. The summed E-state index contributed by atoms with van der Waals surface area (Å²) in [6, 6.07) is 20.8. The molecule has 0 radical (unpaired) electrons. The second-order valence-corrected chi connectivity index (χ2v) is 11.5. The van der Waals surface area contributed by atoms with Crippen LogP contribution < -0.4 is 4.74 Å². The molecule has 6 nitrogen and oxygen atoms in total. The Morgan fingerprint density at radius 3 is 2.53 bits per heavy atom. The smallest absolute Gasteiger partial charge is 0.247 e. The van der Waals surface area contributed by atoms with Gasteiger partial charge in [0.15, 0.2) is 0 Å². The van der Waals surface area contributed by atoms with Gasteiger partial charge in [0.1, 0.15) is 22.6 Å². The minimum absolute atomic E-state index is 0.0900. The van der Waals surface area contributed by atoms with Crippen molar-refractivity contribution in [3.05, 3.63) is 84.2 Å². The zero-order valence-corrected chi connectivity index (χ0v) is 21.7. The van der Waals surface area contributed by atoms with Crippen molar-refractivity contribution >= 4 is 10.0 Å². The maximum atomic E-state index is 13.7. The molecular formula is C28H33FN2O4S. The molecule has 1 heterocycles. The summed E-state index contributed by atoms with van der Waals surface area (Å²) < 4.78 is 48.8. The van der Waals surface area contributed by atoms with Crippen LogP contribution in [-0.4, -0.2) is 61.6 Å². The molecule has 1 aliphatic rings. The molecule has 3 aromatic carbocycles. The Labute approximate surface area is 213 Å². The van der Waals surface area contributed by atoms with E-state index in [4.69, 9.17) is 4.74 Å². The molecule has 0 spiro atoms. The lowest BCUT2D eigenvalue weighted by Crippen LogP contribution is -2.49. The molecule has 0 aliphatic carbocycles. The summed E-state index contributed by atoms with van der Waals surface area (Å²) >= 11 is 0. The molecule has 0 aromatic heterocycles. The van der Waals surface area contributed by atoms with Crippen molar-refractivity contribution in [2.24, 2.45) is 5.92 Å². The normalized spacial score (nSPS) is 20.7. The number of rotatable bonds is 7. The topological polar surface area (TPSA) is 70.1 Å². The van der Waals surface area contributed by atoms with E-state index in [0.29, 0.717) is 18.8 Å². The number of hydrogen-bond donors (Lipinski definition) is 1. The van der Waals surface area contributed by atoms with E-state index in [1.807, 2.05) is 55.3 Å². The molecule has 0 bridgehead atoms. The Bertz CT molecular complexity index is 1290. The number of sulfonamides is 1. The van der Waals surface area contributed by atoms with Gasteiger partial charge in [0.05, 0.1) is 6.61 Å². The van der Waals surface area contributed by atoms with E-state index < -0.39 is 16.1 Å². The average Bonchev–Trinajstić information content (AvgIpc) is 2.86. The van der Waals surface area contributed by atoms with Crippen molar-refractivity contribution < 1.29 is 22.7 Å². The summed E-state index contributed by atoms with van der Waals surface area (Å²) in [5.74, 6) is -0.155. The lowest BCUT2D eigenvalue weighted by molar-refractivity contribution is 0.0734. The first kappa shape index (κ1) is 26.3. The van der Waals surface area contributed by atoms with Crippen LogP contribution in [0.25, 0.3) is 11.1 Å². The maximum absolute atomic E-state index is 13.7. The second-order valence-electron chi connectivity index (χ2n) is 9.59. The highest BCUT2D eigenvalue weighted by Gasteiger charge is 2.38. The van der Waals surface area contributed by atoms with Gasteiger partial charge in [0, 0.05) is 31.6 Å². The predicted octanol–water partition coefficient (Wildman–Crippen LogP) is 4.39. The summed E-state index contributed by atoms with van der Waals surface area (Å²) in [6.07, 6.45) is -0.336. The fourth-order valence-corrected chi connectivity index (χ4v) is 6.40. The minimum Gasteiger partial charge on any atom is -0.487 e. The van der Waals surface area contributed by atoms with Crippen LogP contribution in [0.15, 0.2) is 77.7 Å². The van der Waals surface area contributed by atoms with Crippen molar-refractivity contribution in [1.29, 1.82) is 0 Å². The SMILES string of the molecule is C[C@@H]1CN([C@H](C)CO)S(=O)(=O)c2ccc(-c3ccccc3)cc2O[C@@H]1CN(C)Cc1cccc(F)c1. The lowest BCUT2D eigenvalue weighted by Gasteiger charge is -2.37. The number of fused-ring (bicyclic) bond motifs is 1. The Hall–Kier alpha value is -2.78. The van der Waals surface area contributed by atoms with Crippen LogP contribution >= 0.6 is 0 Å². The monoisotopic (exact) mass is 512 g/mol. The first-order chi connectivity index (χ1) is 17.2. The predicted molar refractivity (Wildman–Crippen MR) is 139 cm³/mol. The second kappa shape index (κ2) is 11.1. The van der Waals surface area contributed by atoms with E-state index in [0.717, 1.165) is 16.7 Å². The van der Waals surface area contributed by atoms with E-state index in [-0.39, 0.29) is 35.9 Å². The molecule has 0 amide bonds. The molecule has 1 N–H and O–H groups in total. The van der Waals surface area contributed by atoms with Crippen LogP contribution in [0.1, 0.15) is 19.4 Å². The molecular weight excluding hydrogens is 479 g/mol. The summed E-state index contributed by atoms with van der Waals surface area (Å²) in [5, 5.41) is 9.83. The zero-order chi connectivity index (χ0) is 25.9. The van der Waals surface area contributed by atoms with E-state index >= 15 is 0 Å². The number of halogens is 1. The van der Waals surface area contributed by atoms with Crippen molar-refractivity contribution in [3.8, 4) is 16.9 Å². The largest absolute Gasteiger partial charge is 0.487 e. The summed E-state index contributed by atoms with van der Waals surface area (Å²) in [5.41, 5.74) is 2.66. The van der Waals surface area contributed by atoms with Crippen LogP contribution in [-0.2, 0) is 16.6 Å². The highest BCUT2D eigenvalue weighted by atomic mass is 32.2. The number of aliphatic hydroxyl groups is 1. The quantitative estimate of drug-likeness (QED) is 0.508. The van der Waals surface area contributed by atoms with Crippen LogP contribution in [0.2, 0.25) is 0 Å². The van der Waals surface area contributed by atoms with Gasteiger partial charge in [0.2, 0.25) is 10.0 Å². The molecule has 3 atom stereocenters. The number of aliphatic hydroxyl groups excluding tert-OH is 1. The molecule has 8 heteroatoms. The van der Waals surface area contributed by atoms with Gasteiger partial charge in [-0.2, -0.15) is 4.31 Å². The average molecular weight is 513 g/mol.